The van der Waals surface area contributed by atoms with E-state index in [2.05, 4.69) is 10.6 Å². The quantitative estimate of drug-likeness (QED) is 0.627. The van der Waals surface area contributed by atoms with Crippen LogP contribution < -0.4 is 15.9 Å². The van der Waals surface area contributed by atoms with Gasteiger partial charge in [0, 0.05) is 17.7 Å². The topological polar surface area (TPSA) is 98.1 Å². The Bertz CT molecular complexity index is 817. The zero-order chi connectivity index (χ0) is 16.0. The number of carbonyl (C=O) groups excluding carboxylic acids is 1. The lowest BCUT2D eigenvalue weighted by molar-refractivity contribution is -0.991. The molecular formula is C16H13N3O4. The molecule has 2 aliphatic heterocycles. The number of hydrogen-bond acceptors (Lipinski definition) is 6. The molecule has 0 aliphatic carbocycles. The summed E-state index contributed by atoms with van der Waals surface area (Å²) in [5.41, 5.74) is 2.48. The maximum atomic E-state index is 12.5. The van der Waals surface area contributed by atoms with Crippen LogP contribution in [0.1, 0.15) is 11.7 Å². The van der Waals surface area contributed by atoms with Crippen molar-refractivity contribution in [1.82, 2.24) is 0 Å². The number of rotatable bonds is 2. The molecule has 0 amide bonds. The molecule has 2 aromatic rings. The summed E-state index contributed by atoms with van der Waals surface area (Å²) in [5, 5.41) is 25.1. The van der Waals surface area contributed by atoms with Crippen molar-refractivity contribution in [1.29, 1.82) is 0 Å². The van der Waals surface area contributed by atoms with Gasteiger partial charge < -0.3 is 20.6 Å². The summed E-state index contributed by atoms with van der Waals surface area (Å²) >= 11 is 0. The number of ketones is 1. The van der Waals surface area contributed by atoms with Gasteiger partial charge in [0.2, 0.25) is 11.7 Å². The molecule has 2 unspecified atom stereocenters. The zero-order valence-corrected chi connectivity index (χ0v) is 11.9. The Balaban J connectivity index is 1.64. The second kappa shape index (κ2) is 5.10. The van der Waals surface area contributed by atoms with Crippen LogP contribution in [0.3, 0.4) is 0 Å². The molecule has 4 N–H and O–H groups in total. The van der Waals surface area contributed by atoms with Gasteiger partial charge >= 0.3 is 0 Å². The van der Waals surface area contributed by atoms with Gasteiger partial charge in [-0.25, -0.2) is 5.21 Å². The first-order valence-electron chi connectivity index (χ1n) is 7.05. The fourth-order valence-electron chi connectivity index (χ4n) is 2.68. The van der Waals surface area contributed by atoms with E-state index in [0.29, 0.717) is 23.0 Å². The fourth-order valence-corrected chi connectivity index (χ4v) is 2.68. The largest absolute Gasteiger partial charge is 0.595 e. The summed E-state index contributed by atoms with van der Waals surface area (Å²) in [6.45, 7) is 0. The van der Waals surface area contributed by atoms with Crippen LogP contribution in [0.4, 0.5) is 17.1 Å². The van der Waals surface area contributed by atoms with Gasteiger partial charge in [-0.15, -0.1) is 0 Å². The van der Waals surface area contributed by atoms with E-state index >= 15 is 0 Å². The first-order valence-corrected chi connectivity index (χ1v) is 7.05. The SMILES string of the molecule is O=C1C2=C(Nc3cc([NH+]([O-])O)ccc3N2)OC1c1ccccc1. The van der Waals surface area contributed by atoms with Gasteiger partial charge in [-0.1, -0.05) is 30.3 Å². The predicted octanol–water partition coefficient (Wildman–Crippen LogP) is 1.44. The summed E-state index contributed by atoms with van der Waals surface area (Å²) < 4.78 is 5.73. The zero-order valence-electron chi connectivity index (χ0n) is 11.9. The molecular weight excluding hydrogens is 298 g/mol. The number of hydrogen-bond donors (Lipinski definition) is 4. The van der Waals surface area contributed by atoms with Gasteiger partial charge in [0.05, 0.1) is 11.4 Å². The van der Waals surface area contributed by atoms with Crippen LogP contribution >= 0.6 is 0 Å². The van der Waals surface area contributed by atoms with E-state index in [1.165, 1.54) is 12.1 Å². The average Bonchev–Trinajstić information content (AvgIpc) is 2.89. The van der Waals surface area contributed by atoms with Crippen molar-refractivity contribution >= 4 is 22.8 Å². The minimum Gasteiger partial charge on any atom is -0.595 e. The first-order chi connectivity index (χ1) is 11.1. The van der Waals surface area contributed by atoms with Gasteiger partial charge in [0.15, 0.2) is 11.8 Å². The lowest BCUT2D eigenvalue weighted by atomic mass is 10.0. The van der Waals surface area contributed by atoms with E-state index in [-0.39, 0.29) is 11.5 Å². The number of fused-ring (bicyclic) bond motifs is 1. The molecule has 23 heavy (non-hydrogen) atoms. The molecule has 0 aromatic heterocycles. The lowest BCUT2D eigenvalue weighted by Crippen LogP contribution is -2.99. The van der Waals surface area contributed by atoms with Crippen LogP contribution in [0.5, 0.6) is 0 Å². The number of nitrogens with one attached hydrogen (secondary N) is 3. The molecule has 4 rings (SSSR count). The van der Waals surface area contributed by atoms with Crippen molar-refractivity contribution in [3.05, 3.63) is 70.9 Å². The third-order valence-corrected chi connectivity index (χ3v) is 3.82. The number of Topliss-reactive ketones (excluding diaryl/α,β-unsaturated/α-hetero) is 1. The van der Waals surface area contributed by atoms with Crippen molar-refractivity contribution in [3.63, 3.8) is 0 Å². The minimum atomic E-state index is -1.01. The number of quaternary nitrogens is 1. The third-order valence-electron chi connectivity index (χ3n) is 3.82. The molecule has 0 fully saturated rings. The summed E-state index contributed by atoms with van der Waals surface area (Å²) in [7, 11) is 0. The summed E-state index contributed by atoms with van der Waals surface area (Å²) in [6.07, 6.45) is -0.700. The molecule has 116 valence electrons. The van der Waals surface area contributed by atoms with Crippen LogP contribution in [0.15, 0.2) is 60.1 Å². The van der Waals surface area contributed by atoms with E-state index < -0.39 is 11.3 Å². The van der Waals surface area contributed by atoms with E-state index in [4.69, 9.17) is 9.94 Å². The molecule has 0 spiro atoms. The highest BCUT2D eigenvalue weighted by Gasteiger charge is 2.39. The van der Waals surface area contributed by atoms with E-state index in [1.54, 1.807) is 6.07 Å². The summed E-state index contributed by atoms with van der Waals surface area (Å²) in [6, 6.07) is 13.8. The molecule has 2 aromatic carbocycles. The predicted molar refractivity (Wildman–Crippen MR) is 81.8 cm³/mol. The Morgan fingerprint density at radius 3 is 2.61 bits per heavy atom. The minimum absolute atomic E-state index is 0.158. The second-order valence-corrected chi connectivity index (χ2v) is 5.29. The van der Waals surface area contributed by atoms with Crippen LogP contribution in [-0.2, 0) is 9.53 Å². The molecule has 2 atom stereocenters. The molecule has 2 heterocycles. The Kier molecular flexibility index (Phi) is 3.05. The molecule has 0 radical (unpaired) electrons. The average molecular weight is 311 g/mol. The van der Waals surface area contributed by atoms with Crippen molar-refractivity contribution in [2.24, 2.45) is 0 Å². The van der Waals surface area contributed by atoms with Gasteiger partial charge in [-0.05, 0) is 6.07 Å². The van der Waals surface area contributed by atoms with E-state index in [9.17, 15) is 10.0 Å². The number of carbonyl (C=O) groups is 1. The maximum absolute atomic E-state index is 12.5. The summed E-state index contributed by atoms with van der Waals surface area (Å²) in [5.74, 6) is 0.158. The van der Waals surface area contributed by atoms with Crippen molar-refractivity contribution in [2.75, 3.05) is 10.6 Å². The second-order valence-electron chi connectivity index (χ2n) is 5.29. The van der Waals surface area contributed by atoms with Crippen LogP contribution in [0, 0.1) is 5.21 Å². The van der Waals surface area contributed by atoms with E-state index in [0.717, 1.165) is 5.56 Å². The van der Waals surface area contributed by atoms with Gasteiger partial charge in [-0.2, -0.15) is 5.23 Å². The molecule has 0 bridgehead atoms. The standard InChI is InChI=1S/C16H13N3O4/c20-14-13-16(23-15(14)9-4-2-1-3-5-9)18-12-8-10(19(21)22)6-7-11(12)17-13/h1-8,15,17-19,21H. The van der Waals surface area contributed by atoms with Crippen molar-refractivity contribution < 1.29 is 20.0 Å². The highest BCUT2D eigenvalue weighted by molar-refractivity contribution is 6.06. The van der Waals surface area contributed by atoms with Gasteiger partial charge in [0.1, 0.15) is 5.70 Å². The Morgan fingerprint density at radius 2 is 1.87 bits per heavy atom. The van der Waals surface area contributed by atoms with Crippen LogP contribution in [0.25, 0.3) is 0 Å². The Hall–Kier alpha value is -2.87. The van der Waals surface area contributed by atoms with Gasteiger partial charge in [-0.3, -0.25) is 4.79 Å². The highest BCUT2D eigenvalue weighted by Crippen LogP contribution is 2.39. The number of benzene rings is 2. The summed E-state index contributed by atoms with van der Waals surface area (Å²) in [4.78, 5) is 12.5. The molecule has 0 saturated carbocycles. The van der Waals surface area contributed by atoms with E-state index in [1.807, 2.05) is 30.3 Å². The third kappa shape index (κ3) is 2.23. The lowest BCUT2D eigenvalue weighted by Gasteiger charge is -2.21. The normalized spacial score (nSPS) is 20.1. The van der Waals surface area contributed by atoms with Crippen LogP contribution in [-0.4, -0.2) is 11.0 Å². The van der Waals surface area contributed by atoms with Gasteiger partial charge in [0.25, 0.3) is 0 Å². The van der Waals surface area contributed by atoms with Crippen LogP contribution in [0.2, 0.25) is 0 Å². The van der Waals surface area contributed by atoms with Crippen molar-refractivity contribution in [3.8, 4) is 0 Å². The fraction of sp³-hybridized carbons (Fsp3) is 0.0625. The highest BCUT2D eigenvalue weighted by atomic mass is 16.8. The Morgan fingerprint density at radius 1 is 1.09 bits per heavy atom. The smallest absolute Gasteiger partial charge is 0.229 e. The Labute approximate surface area is 131 Å². The first kappa shape index (κ1) is 13.8. The van der Waals surface area contributed by atoms with Crippen molar-refractivity contribution in [2.45, 2.75) is 6.10 Å². The molecule has 7 nitrogen and oxygen atoms in total. The monoisotopic (exact) mass is 311 g/mol. The molecule has 2 aliphatic rings. The number of anilines is 2. The maximum Gasteiger partial charge on any atom is 0.229 e. The number of ether oxygens (including phenoxy) is 1. The molecule has 7 heteroatoms. The molecule has 0 saturated heterocycles.